The van der Waals surface area contributed by atoms with Gasteiger partial charge in [-0.15, -0.1) is 0 Å². The fourth-order valence-corrected chi connectivity index (χ4v) is 2.12. The Balaban J connectivity index is 1.96. The van der Waals surface area contributed by atoms with E-state index in [9.17, 15) is 9.18 Å². The molecule has 0 aliphatic rings. The Hall–Kier alpha value is -1.79. The summed E-state index contributed by atoms with van der Waals surface area (Å²) in [6.45, 7) is -0.334. The smallest absolute Gasteiger partial charge is 0.262 e. The molecule has 0 saturated carbocycles. The van der Waals surface area contributed by atoms with Gasteiger partial charge in [0.25, 0.3) is 5.91 Å². The highest BCUT2D eigenvalue weighted by Gasteiger charge is 2.09. The van der Waals surface area contributed by atoms with Crippen molar-refractivity contribution in [2.45, 2.75) is 0 Å². The van der Waals surface area contributed by atoms with Crippen molar-refractivity contribution < 1.29 is 13.9 Å². The second kappa shape index (κ2) is 6.78. The molecule has 0 radical (unpaired) electrons. The maximum Gasteiger partial charge on any atom is 0.262 e. The third-order valence-electron chi connectivity index (χ3n) is 2.52. The minimum absolute atomic E-state index is 0.00301. The van der Waals surface area contributed by atoms with Crippen LogP contribution in [0.2, 0.25) is 5.02 Å². The number of nitrogens with one attached hydrogen (secondary N) is 1. The van der Waals surface area contributed by atoms with E-state index in [1.807, 2.05) is 0 Å². The Labute approximate surface area is 134 Å². The molecule has 0 atom stereocenters. The Morgan fingerprint density at radius 3 is 2.76 bits per heavy atom. The fourth-order valence-electron chi connectivity index (χ4n) is 1.55. The molecule has 110 valence electrons. The van der Waals surface area contributed by atoms with Crippen molar-refractivity contribution in [3.63, 3.8) is 0 Å². The Bertz CT molecular complexity index is 682. The highest BCUT2D eigenvalue weighted by atomic mass is 79.9. The highest BCUT2D eigenvalue weighted by Crippen LogP contribution is 2.24. The molecule has 0 spiro atoms. The van der Waals surface area contributed by atoms with Crippen LogP contribution >= 0.6 is 27.5 Å². The average Bonchev–Trinajstić information content (AvgIpc) is 2.41. The number of ether oxygens (including phenoxy) is 1. The Morgan fingerprint density at radius 2 is 2.10 bits per heavy atom. The molecule has 21 heavy (non-hydrogen) atoms. The minimum Gasteiger partial charge on any atom is -0.481 e. The molecule has 3 N–H and O–H groups in total. The van der Waals surface area contributed by atoms with E-state index in [1.54, 1.807) is 18.2 Å². The van der Waals surface area contributed by atoms with Crippen molar-refractivity contribution in [2.24, 2.45) is 0 Å². The molecule has 0 saturated heterocycles. The summed E-state index contributed by atoms with van der Waals surface area (Å²) in [5, 5.41) is 2.87. The standard InChI is InChI=1S/C14H11BrClFN2O2/c15-8-1-4-13(11(17)5-8)21-7-14(20)19-12-3-2-9(18)6-10(12)16/h1-6H,7,18H2,(H,19,20). The number of benzene rings is 2. The number of anilines is 2. The Kier molecular flexibility index (Phi) is 5.03. The molecule has 0 aromatic heterocycles. The predicted octanol–water partition coefficient (Wildman–Crippen LogP) is 3.84. The number of rotatable bonds is 4. The van der Waals surface area contributed by atoms with Crippen LogP contribution < -0.4 is 15.8 Å². The van der Waals surface area contributed by atoms with Crippen LogP contribution in [0.25, 0.3) is 0 Å². The summed E-state index contributed by atoms with van der Waals surface area (Å²) in [5.74, 6) is -1.01. The van der Waals surface area contributed by atoms with Gasteiger partial charge in [-0.1, -0.05) is 27.5 Å². The minimum atomic E-state index is -0.553. The molecule has 7 heteroatoms. The summed E-state index contributed by atoms with van der Waals surface area (Å²) < 4.78 is 19.2. The van der Waals surface area contributed by atoms with E-state index in [1.165, 1.54) is 18.2 Å². The maximum absolute atomic E-state index is 13.5. The van der Waals surface area contributed by atoms with Gasteiger partial charge in [0, 0.05) is 10.2 Å². The van der Waals surface area contributed by atoms with E-state index in [4.69, 9.17) is 22.1 Å². The van der Waals surface area contributed by atoms with E-state index < -0.39 is 11.7 Å². The zero-order valence-corrected chi connectivity index (χ0v) is 13.0. The lowest BCUT2D eigenvalue weighted by Crippen LogP contribution is -2.20. The van der Waals surface area contributed by atoms with Crippen molar-refractivity contribution in [1.29, 1.82) is 0 Å². The molecule has 0 aliphatic heterocycles. The zero-order chi connectivity index (χ0) is 15.4. The highest BCUT2D eigenvalue weighted by molar-refractivity contribution is 9.10. The van der Waals surface area contributed by atoms with Gasteiger partial charge >= 0.3 is 0 Å². The van der Waals surface area contributed by atoms with Crippen LogP contribution in [0.4, 0.5) is 15.8 Å². The third kappa shape index (κ3) is 4.34. The Morgan fingerprint density at radius 1 is 1.33 bits per heavy atom. The van der Waals surface area contributed by atoms with E-state index in [0.717, 1.165) is 0 Å². The van der Waals surface area contributed by atoms with Crippen LogP contribution in [0.3, 0.4) is 0 Å². The molecule has 0 fully saturated rings. The first-order chi connectivity index (χ1) is 9.95. The molecular formula is C14H11BrClFN2O2. The van der Waals surface area contributed by atoms with Gasteiger partial charge < -0.3 is 15.8 Å². The van der Waals surface area contributed by atoms with Gasteiger partial charge in [0.05, 0.1) is 10.7 Å². The second-order valence-corrected chi connectivity index (χ2v) is 5.47. The maximum atomic E-state index is 13.5. The molecule has 0 heterocycles. The van der Waals surface area contributed by atoms with Gasteiger partial charge in [-0.05, 0) is 36.4 Å². The van der Waals surface area contributed by atoms with Crippen molar-refractivity contribution >= 4 is 44.8 Å². The molecule has 1 amide bonds. The molecule has 0 aliphatic carbocycles. The summed E-state index contributed by atoms with van der Waals surface area (Å²) in [6, 6.07) is 9.01. The normalized spacial score (nSPS) is 10.2. The van der Waals surface area contributed by atoms with Gasteiger partial charge in [0.1, 0.15) is 0 Å². The first kappa shape index (κ1) is 15.6. The lowest BCUT2D eigenvalue weighted by atomic mass is 10.3. The van der Waals surface area contributed by atoms with Crippen molar-refractivity contribution in [2.75, 3.05) is 17.7 Å². The summed E-state index contributed by atoms with van der Waals surface area (Å²) in [7, 11) is 0. The lowest BCUT2D eigenvalue weighted by Gasteiger charge is -2.10. The molecular weight excluding hydrogens is 363 g/mol. The molecule has 4 nitrogen and oxygen atoms in total. The summed E-state index contributed by atoms with van der Waals surface area (Å²) in [5.41, 5.74) is 6.46. The fraction of sp³-hybridized carbons (Fsp3) is 0.0714. The van der Waals surface area contributed by atoms with Gasteiger partial charge in [-0.3, -0.25) is 4.79 Å². The van der Waals surface area contributed by atoms with Crippen LogP contribution in [0.1, 0.15) is 0 Å². The second-order valence-electron chi connectivity index (χ2n) is 4.15. The average molecular weight is 374 g/mol. The largest absolute Gasteiger partial charge is 0.481 e. The molecule has 2 rings (SSSR count). The van der Waals surface area contributed by atoms with Gasteiger partial charge in [0.2, 0.25) is 0 Å². The topological polar surface area (TPSA) is 64.3 Å². The van der Waals surface area contributed by atoms with Gasteiger partial charge in [0.15, 0.2) is 18.2 Å². The lowest BCUT2D eigenvalue weighted by molar-refractivity contribution is -0.118. The quantitative estimate of drug-likeness (QED) is 0.800. The first-order valence-electron chi connectivity index (χ1n) is 5.88. The molecule has 0 bridgehead atoms. The van der Waals surface area contributed by atoms with Crippen molar-refractivity contribution in [3.05, 3.63) is 51.7 Å². The van der Waals surface area contributed by atoms with Crippen LogP contribution in [0.15, 0.2) is 40.9 Å². The van der Waals surface area contributed by atoms with Crippen LogP contribution in [-0.2, 0) is 4.79 Å². The number of carbonyl (C=O) groups excluding carboxylic acids is 1. The number of nitrogens with two attached hydrogens (primary N) is 1. The summed E-state index contributed by atoms with van der Waals surface area (Å²) in [4.78, 5) is 11.7. The van der Waals surface area contributed by atoms with E-state index in [-0.39, 0.29) is 12.4 Å². The van der Waals surface area contributed by atoms with Gasteiger partial charge in [-0.2, -0.15) is 0 Å². The van der Waals surface area contributed by atoms with Crippen LogP contribution in [0.5, 0.6) is 5.75 Å². The van der Waals surface area contributed by atoms with Crippen molar-refractivity contribution in [1.82, 2.24) is 0 Å². The summed E-state index contributed by atoms with van der Waals surface area (Å²) >= 11 is 9.07. The van der Waals surface area contributed by atoms with E-state index in [2.05, 4.69) is 21.2 Å². The number of halogens is 3. The van der Waals surface area contributed by atoms with E-state index in [0.29, 0.717) is 20.9 Å². The summed E-state index contributed by atoms with van der Waals surface area (Å²) in [6.07, 6.45) is 0. The number of hydrogen-bond donors (Lipinski definition) is 2. The van der Waals surface area contributed by atoms with E-state index >= 15 is 0 Å². The van der Waals surface area contributed by atoms with Gasteiger partial charge in [-0.25, -0.2) is 4.39 Å². The number of amides is 1. The number of carbonyl (C=O) groups is 1. The predicted molar refractivity (Wildman–Crippen MR) is 84.1 cm³/mol. The SMILES string of the molecule is Nc1ccc(NC(=O)COc2ccc(Br)cc2F)c(Cl)c1. The molecule has 0 unspecified atom stereocenters. The number of nitrogen functional groups attached to an aromatic ring is 1. The van der Waals surface area contributed by atoms with Crippen molar-refractivity contribution in [3.8, 4) is 5.75 Å². The zero-order valence-electron chi connectivity index (χ0n) is 10.7. The van der Waals surface area contributed by atoms with Crippen LogP contribution in [-0.4, -0.2) is 12.5 Å². The third-order valence-corrected chi connectivity index (χ3v) is 3.33. The van der Waals surface area contributed by atoms with Crippen LogP contribution in [0, 0.1) is 5.82 Å². The molecule has 2 aromatic rings. The number of hydrogen-bond acceptors (Lipinski definition) is 3. The molecule has 2 aromatic carbocycles. The first-order valence-corrected chi connectivity index (χ1v) is 7.05. The monoisotopic (exact) mass is 372 g/mol.